The van der Waals surface area contributed by atoms with Crippen LogP contribution < -0.4 is 5.32 Å². The molecule has 1 saturated heterocycles. The first-order valence-electron chi connectivity index (χ1n) is 7.56. The summed E-state index contributed by atoms with van der Waals surface area (Å²) in [4.78, 5) is 0. The molecule has 3 rings (SSSR count). The summed E-state index contributed by atoms with van der Waals surface area (Å²) in [5.74, 6) is 0. The van der Waals surface area contributed by atoms with Gasteiger partial charge >= 0.3 is 6.18 Å². The maximum absolute atomic E-state index is 12.7. The molecule has 1 aromatic carbocycles. The van der Waals surface area contributed by atoms with Gasteiger partial charge in [0.25, 0.3) is 0 Å². The van der Waals surface area contributed by atoms with Crippen molar-refractivity contribution in [2.75, 3.05) is 11.9 Å². The minimum atomic E-state index is -4.30. The van der Waals surface area contributed by atoms with Crippen molar-refractivity contribution in [1.29, 1.82) is 0 Å². The Morgan fingerprint density at radius 1 is 1.19 bits per heavy atom. The predicted molar refractivity (Wildman–Crippen MR) is 75.2 cm³/mol. The average Bonchev–Trinajstić information content (AvgIpc) is 3.07. The van der Waals surface area contributed by atoms with E-state index in [1.807, 2.05) is 0 Å². The average molecular weight is 299 g/mol. The van der Waals surface area contributed by atoms with Crippen LogP contribution in [0.3, 0.4) is 0 Å². The van der Waals surface area contributed by atoms with Gasteiger partial charge in [0.05, 0.1) is 17.3 Å². The highest BCUT2D eigenvalue weighted by Crippen LogP contribution is 2.43. The number of rotatable bonds is 3. The quantitative estimate of drug-likeness (QED) is 0.880. The lowest BCUT2D eigenvalue weighted by atomic mass is 9.98. The summed E-state index contributed by atoms with van der Waals surface area (Å²) in [6.45, 7) is 0.572. The molecule has 1 N–H and O–H groups in total. The Hall–Kier alpha value is -1.23. The minimum absolute atomic E-state index is 0.0696. The van der Waals surface area contributed by atoms with E-state index in [0.29, 0.717) is 12.2 Å². The fourth-order valence-corrected chi connectivity index (χ4v) is 3.46. The SMILES string of the molecule is FC(F)(F)c1cccc(NCC2CCC3(CCCC3)O2)c1. The predicted octanol–water partition coefficient (Wildman–Crippen LogP) is 4.61. The van der Waals surface area contributed by atoms with Crippen LogP contribution in [0.2, 0.25) is 0 Å². The number of hydrogen-bond donors (Lipinski definition) is 1. The highest BCUT2D eigenvalue weighted by Gasteiger charge is 2.41. The third-order valence-corrected chi connectivity index (χ3v) is 4.58. The van der Waals surface area contributed by atoms with Crippen LogP contribution in [0.15, 0.2) is 24.3 Å². The van der Waals surface area contributed by atoms with Crippen molar-refractivity contribution in [3.05, 3.63) is 29.8 Å². The van der Waals surface area contributed by atoms with Crippen molar-refractivity contribution in [2.24, 2.45) is 0 Å². The number of hydrogen-bond acceptors (Lipinski definition) is 2. The Balaban J connectivity index is 1.56. The van der Waals surface area contributed by atoms with Gasteiger partial charge in [-0.2, -0.15) is 13.2 Å². The molecule has 1 heterocycles. The lowest BCUT2D eigenvalue weighted by molar-refractivity contribution is -0.137. The van der Waals surface area contributed by atoms with E-state index < -0.39 is 11.7 Å². The Bertz CT molecular complexity index is 495. The fourth-order valence-electron chi connectivity index (χ4n) is 3.46. The van der Waals surface area contributed by atoms with E-state index in [0.717, 1.165) is 37.8 Å². The second-order valence-corrected chi connectivity index (χ2v) is 6.13. The first-order valence-corrected chi connectivity index (χ1v) is 7.56. The van der Waals surface area contributed by atoms with Crippen molar-refractivity contribution in [2.45, 2.75) is 56.4 Å². The Labute approximate surface area is 122 Å². The molecular weight excluding hydrogens is 279 g/mol. The summed E-state index contributed by atoms with van der Waals surface area (Å²) in [6, 6.07) is 5.33. The summed E-state index contributed by atoms with van der Waals surface area (Å²) in [6.07, 6.45) is 2.61. The van der Waals surface area contributed by atoms with Crippen LogP contribution in [0.25, 0.3) is 0 Å². The molecule has 1 unspecified atom stereocenters. The minimum Gasteiger partial charge on any atom is -0.382 e. The van der Waals surface area contributed by atoms with Gasteiger partial charge in [-0.05, 0) is 43.9 Å². The van der Waals surface area contributed by atoms with E-state index in [1.54, 1.807) is 6.07 Å². The number of halogens is 3. The third kappa shape index (κ3) is 3.34. The van der Waals surface area contributed by atoms with Gasteiger partial charge in [-0.15, -0.1) is 0 Å². The number of ether oxygens (including phenoxy) is 1. The monoisotopic (exact) mass is 299 g/mol. The Morgan fingerprint density at radius 2 is 1.95 bits per heavy atom. The number of alkyl halides is 3. The number of nitrogens with one attached hydrogen (secondary N) is 1. The zero-order valence-corrected chi connectivity index (χ0v) is 11.9. The van der Waals surface area contributed by atoms with Gasteiger partial charge < -0.3 is 10.1 Å². The number of anilines is 1. The molecular formula is C16H20F3NO. The number of benzene rings is 1. The molecule has 0 bridgehead atoms. The van der Waals surface area contributed by atoms with E-state index in [-0.39, 0.29) is 11.7 Å². The largest absolute Gasteiger partial charge is 0.416 e. The molecule has 0 radical (unpaired) electrons. The van der Waals surface area contributed by atoms with Crippen molar-refractivity contribution in [1.82, 2.24) is 0 Å². The van der Waals surface area contributed by atoms with Crippen molar-refractivity contribution in [3.63, 3.8) is 0 Å². The molecule has 1 spiro atoms. The molecule has 1 aromatic rings. The molecule has 2 fully saturated rings. The second kappa shape index (κ2) is 5.52. The van der Waals surface area contributed by atoms with E-state index in [9.17, 15) is 13.2 Å². The zero-order valence-electron chi connectivity index (χ0n) is 11.9. The molecule has 2 nitrogen and oxygen atoms in total. The Morgan fingerprint density at radius 3 is 2.67 bits per heavy atom. The molecule has 1 aliphatic heterocycles. The van der Waals surface area contributed by atoms with Crippen LogP contribution in [-0.4, -0.2) is 18.2 Å². The molecule has 21 heavy (non-hydrogen) atoms. The molecule has 2 aliphatic rings. The first kappa shape index (κ1) is 14.7. The van der Waals surface area contributed by atoms with Crippen molar-refractivity contribution >= 4 is 5.69 Å². The summed E-state index contributed by atoms with van der Waals surface area (Å²) in [5.41, 5.74) is -0.0481. The van der Waals surface area contributed by atoms with Gasteiger partial charge in [0, 0.05) is 12.2 Å². The fraction of sp³-hybridized carbons (Fsp3) is 0.625. The summed E-state index contributed by atoms with van der Waals surface area (Å²) in [7, 11) is 0. The lowest BCUT2D eigenvalue weighted by Crippen LogP contribution is -2.27. The van der Waals surface area contributed by atoms with Gasteiger partial charge in [0.1, 0.15) is 0 Å². The van der Waals surface area contributed by atoms with Crippen molar-refractivity contribution < 1.29 is 17.9 Å². The van der Waals surface area contributed by atoms with E-state index in [4.69, 9.17) is 4.74 Å². The van der Waals surface area contributed by atoms with Crippen LogP contribution >= 0.6 is 0 Å². The van der Waals surface area contributed by atoms with Gasteiger partial charge in [-0.25, -0.2) is 0 Å². The summed E-state index contributed by atoms with van der Waals surface area (Å²) < 4.78 is 44.1. The molecule has 5 heteroatoms. The van der Waals surface area contributed by atoms with Gasteiger partial charge in [0.15, 0.2) is 0 Å². The van der Waals surface area contributed by atoms with Gasteiger partial charge in [-0.1, -0.05) is 18.9 Å². The highest BCUT2D eigenvalue weighted by molar-refractivity contribution is 5.46. The molecule has 1 saturated carbocycles. The van der Waals surface area contributed by atoms with Gasteiger partial charge in [0.2, 0.25) is 0 Å². The van der Waals surface area contributed by atoms with Gasteiger partial charge in [-0.3, -0.25) is 0 Å². The maximum atomic E-state index is 12.7. The lowest BCUT2D eigenvalue weighted by Gasteiger charge is -2.24. The van der Waals surface area contributed by atoms with Crippen LogP contribution in [0, 0.1) is 0 Å². The van der Waals surface area contributed by atoms with Crippen LogP contribution in [0.5, 0.6) is 0 Å². The third-order valence-electron chi connectivity index (χ3n) is 4.58. The smallest absolute Gasteiger partial charge is 0.382 e. The standard InChI is InChI=1S/C16H20F3NO/c17-16(18,19)12-4-3-5-13(10-12)20-11-14-6-9-15(21-14)7-1-2-8-15/h3-5,10,14,20H,1-2,6-9,11H2. The molecule has 1 atom stereocenters. The van der Waals surface area contributed by atoms with E-state index in [2.05, 4.69) is 5.32 Å². The van der Waals surface area contributed by atoms with Crippen LogP contribution in [-0.2, 0) is 10.9 Å². The highest BCUT2D eigenvalue weighted by atomic mass is 19.4. The van der Waals surface area contributed by atoms with Crippen LogP contribution in [0.4, 0.5) is 18.9 Å². The summed E-state index contributed by atoms with van der Waals surface area (Å²) >= 11 is 0. The van der Waals surface area contributed by atoms with Crippen LogP contribution in [0.1, 0.15) is 44.1 Å². The topological polar surface area (TPSA) is 21.3 Å². The molecule has 116 valence electrons. The Kier molecular flexibility index (Phi) is 3.86. The molecule has 0 amide bonds. The normalized spacial score (nSPS) is 24.6. The zero-order chi connectivity index (χ0) is 14.9. The maximum Gasteiger partial charge on any atom is 0.416 e. The summed E-state index contributed by atoms with van der Waals surface area (Å²) in [5, 5.41) is 3.08. The molecule has 0 aromatic heterocycles. The molecule has 1 aliphatic carbocycles. The first-order chi connectivity index (χ1) is 9.97. The van der Waals surface area contributed by atoms with Crippen molar-refractivity contribution in [3.8, 4) is 0 Å². The second-order valence-electron chi connectivity index (χ2n) is 6.13. The van der Waals surface area contributed by atoms with E-state index in [1.165, 1.54) is 18.9 Å². The van der Waals surface area contributed by atoms with E-state index >= 15 is 0 Å².